The second-order valence-corrected chi connectivity index (χ2v) is 9.22. The van der Waals surface area contributed by atoms with E-state index in [4.69, 9.17) is 4.74 Å². The summed E-state index contributed by atoms with van der Waals surface area (Å²) in [5.74, 6) is 0.479. The van der Waals surface area contributed by atoms with Gasteiger partial charge in [-0.1, -0.05) is 30.7 Å². The highest BCUT2D eigenvalue weighted by atomic mass is 16.5. The van der Waals surface area contributed by atoms with Crippen molar-refractivity contribution in [2.75, 3.05) is 5.32 Å². The Balaban J connectivity index is 1.23. The molecule has 0 saturated heterocycles. The fourth-order valence-electron chi connectivity index (χ4n) is 5.56. The molecule has 0 radical (unpaired) electrons. The van der Waals surface area contributed by atoms with Crippen molar-refractivity contribution in [3.63, 3.8) is 0 Å². The molecule has 4 atom stereocenters. The van der Waals surface area contributed by atoms with Crippen LogP contribution >= 0.6 is 0 Å². The van der Waals surface area contributed by atoms with Gasteiger partial charge in [-0.15, -0.1) is 0 Å². The number of hydrogen-bond acceptors (Lipinski definition) is 5. The van der Waals surface area contributed by atoms with Gasteiger partial charge in [0, 0.05) is 34.4 Å². The summed E-state index contributed by atoms with van der Waals surface area (Å²) in [5, 5.41) is 2.70. The van der Waals surface area contributed by atoms with Crippen molar-refractivity contribution >= 4 is 29.1 Å². The molecule has 2 aromatic carbocycles. The van der Waals surface area contributed by atoms with E-state index in [0.29, 0.717) is 40.6 Å². The van der Waals surface area contributed by atoms with E-state index in [0.717, 1.165) is 12.3 Å². The summed E-state index contributed by atoms with van der Waals surface area (Å²) < 4.78 is 5.38. The molecule has 6 heteroatoms. The van der Waals surface area contributed by atoms with Gasteiger partial charge in [-0.2, -0.15) is 0 Å². The van der Waals surface area contributed by atoms with Gasteiger partial charge >= 0.3 is 5.97 Å². The minimum absolute atomic E-state index is 0.212. The number of fused-ring (bicyclic) bond motifs is 4. The molecule has 0 spiro atoms. The molecule has 3 aliphatic carbocycles. The van der Waals surface area contributed by atoms with E-state index in [1.807, 2.05) is 0 Å². The first-order chi connectivity index (χ1) is 15.4. The Morgan fingerprint density at radius 1 is 0.969 bits per heavy atom. The summed E-state index contributed by atoms with van der Waals surface area (Å²) >= 11 is 0. The van der Waals surface area contributed by atoms with E-state index in [1.54, 1.807) is 36.4 Å². The number of nitrogens with one attached hydrogen (secondary N) is 1. The molecule has 164 valence electrons. The monoisotopic (exact) mass is 431 g/mol. The van der Waals surface area contributed by atoms with E-state index in [9.17, 15) is 19.2 Å². The van der Waals surface area contributed by atoms with Gasteiger partial charge in [-0.05, 0) is 62.1 Å². The number of benzene rings is 2. The third-order valence-corrected chi connectivity index (χ3v) is 7.18. The predicted octanol–water partition coefficient (Wildman–Crippen LogP) is 4.16. The van der Waals surface area contributed by atoms with Crippen molar-refractivity contribution < 1.29 is 23.9 Å². The molecule has 2 saturated carbocycles. The van der Waals surface area contributed by atoms with Crippen LogP contribution in [0.25, 0.3) is 0 Å². The fraction of sp³-hybridized carbons (Fsp3) is 0.385. The second kappa shape index (κ2) is 8.01. The van der Waals surface area contributed by atoms with E-state index in [1.165, 1.54) is 32.3 Å². The highest BCUT2D eigenvalue weighted by molar-refractivity contribution is 6.28. The normalized spacial score (nSPS) is 24.0. The van der Waals surface area contributed by atoms with Gasteiger partial charge in [0.05, 0.1) is 0 Å². The van der Waals surface area contributed by atoms with Crippen molar-refractivity contribution in [2.45, 2.75) is 45.1 Å². The maximum absolute atomic E-state index is 12.9. The largest absolute Gasteiger partial charge is 0.453 e. The molecule has 6 nitrogen and oxygen atoms in total. The lowest BCUT2D eigenvalue weighted by Crippen LogP contribution is -2.31. The van der Waals surface area contributed by atoms with Crippen LogP contribution in [0, 0.1) is 17.8 Å². The maximum Gasteiger partial charge on any atom is 0.306 e. The fourth-order valence-corrected chi connectivity index (χ4v) is 5.56. The highest BCUT2D eigenvalue weighted by Crippen LogP contribution is 2.49. The molecule has 3 aliphatic rings. The number of carbonyl (C=O) groups is 4. The van der Waals surface area contributed by atoms with Gasteiger partial charge in [0.25, 0.3) is 5.91 Å². The number of anilines is 1. The summed E-state index contributed by atoms with van der Waals surface area (Å²) in [5.41, 5.74) is 1.70. The molecular weight excluding hydrogens is 406 g/mol. The van der Waals surface area contributed by atoms with Crippen LogP contribution in [0.2, 0.25) is 0 Å². The third kappa shape index (κ3) is 3.64. The minimum atomic E-state index is -0.949. The summed E-state index contributed by atoms with van der Waals surface area (Å²) in [6.45, 7) is 1.54. The van der Waals surface area contributed by atoms with Crippen LogP contribution in [0.4, 0.5) is 5.69 Å². The van der Waals surface area contributed by atoms with Gasteiger partial charge in [-0.25, -0.2) is 0 Å². The molecule has 0 aromatic heterocycles. The van der Waals surface area contributed by atoms with E-state index < -0.39 is 12.0 Å². The number of hydrogen-bond donors (Lipinski definition) is 1. The smallest absolute Gasteiger partial charge is 0.306 e. The lowest BCUT2D eigenvalue weighted by atomic mass is 9.84. The average molecular weight is 431 g/mol. The zero-order chi connectivity index (χ0) is 22.4. The molecule has 0 aliphatic heterocycles. The standard InChI is InChI=1S/C26H25NO5/c1-14(32-23(28)12-17-11-15-6-7-16(17)10-15)26(31)27-18-8-9-21-22(13-18)25(30)20-5-3-2-4-19(20)24(21)29/h2-5,8-9,13-17H,6-7,10-12H2,1H3,(H,27,31). The Hall–Kier alpha value is -3.28. The van der Waals surface area contributed by atoms with Crippen LogP contribution in [0.3, 0.4) is 0 Å². The summed E-state index contributed by atoms with van der Waals surface area (Å²) in [6.07, 6.45) is 4.20. The zero-order valence-corrected chi connectivity index (χ0v) is 17.9. The number of ether oxygens (including phenoxy) is 1. The highest BCUT2D eigenvalue weighted by Gasteiger charge is 2.40. The number of rotatable bonds is 5. The Morgan fingerprint density at radius 2 is 1.66 bits per heavy atom. The molecule has 4 unspecified atom stereocenters. The third-order valence-electron chi connectivity index (χ3n) is 7.18. The lowest BCUT2D eigenvalue weighted by molar-refractivity contribution is -0.154. The van der Waals surface area contributed by atoms with Crippen molar-refractivity contribution in [2.24, 2.45) is 17.8 Å². The van der Waals surface area contributed by atoms with Crippen molar-refractivity contribution in [1.82, 2.24) is 0 Å². The molecule has 2 aromatic rings. The Labute approximate surface area is 186 Å². The van der Waals surface area contributed by atoms with Gasteiger partial charge in [0.2, 0.25) is 0 Å². The quantitative estimate of drug-likeness (QED) is 0.613. The summed E-state index contributed by atoms with van der Waals surface area (Å²) in [4.78, 5) is 50.5. The summed E-state index contributed by atoms with van der Waals surface area (Å²) in [6, 6.07) is 11.3. The molecular formula is C26H25NO5. The van der Waals surface area contributed by atoms with Gasteiger partial charge in [-0.3, -0.25) is 19.2 Å². The molecule has 1 amide bonds. The number of esters is 1. The van der Waals surface area contributed by atoms with Crippen LogP contribution in [0.1, 0.15) is 70.9 Å². The molecule has 1 N–H and O–H groups in total. The number of amides is 1. The molecule has 32 heavy (non-hydrogen) atoms. The number of ketones is 2. The first-order valence-electron chi connectivity index (χ1n) is 11.2. The topological polar surface area (TPSA) is 89.5 Å². The first kappa shape index (κ1) is 20.6. The van der Waals surface area contributed by atoms with Gasteiger partial charge in [0.1, 0.15) is 0 Å². The molecule has 0 heterocycles. The van der Waals surface area contributed by atoms with Crippen molar-refractivity contribution in [1.29, 1.82) is 0 Å². The van der Waals surface area contributed by atoms with Crippen LogP contribution in [0.15, 0.2) is 42.5 Å². The molecule has 2 bridgehead atoms. The molecule has 2 fully saturated rings. The van der Waals surface area contributed by atoms with Gasteiger partial charge in [0.15, 0.2) is 17.7 Å². The Kier molecular flexibility index (Phi) is 5.16. The zero-order valence-electron chi connectivity index (χ0n) is 17.9. The predicted molar refractivity (Wildman–Crippen MR) is 117 cm³/mol. The van der Waals surface area contributed by atoms with Crippen LogP contribution in [-0.2, 0) is 14.3 Å². The first-order valence-corrected chi connectivity index (χ1v) is 11.2. The van der Waals surface area contributed by atoms with Crippen molar-refractivity contribution in [3.05, 3.63) is 64.7 Å². The van der Waals surface area contributed by atoms with E-state index >= 15 is 0 Å². The van der Waals surface area contributed by atoms with E-state index in [-0.39, 0.29) is 23.1 Å². The van der Waals surface area contributed by atoms with E-state index in [2.05, 4.69) is 5.32 Å². The Morgan fingerprint density at radius 3 is 2.31 bits per heavy atom. The minimum Gasteiger partial charge on any atom is -0.453 e. The second-order valence-electron chi connectivity index (χ2n) is 9.22. The lowest BCUT2D eigenvalue weighted by Gasteiger charge is -2.22. The van der Waals surface area contributed by atoms with Crippen LogP contribution in [0.5, 0.6) is 0 Å². The van der Waals surface area contributed by atoms with Crippen LogP contribution < -0.4 is 5.32 Å². The number of carbonyl (C=O) groups excluding carboxylic acids is 4. The Bertz CT molecular complexity index is 1140. The average Bonchev–Trinajstić information content (AvgIpc) is 3.40. The SMILES string of the molecule is CC(OC(=O)CC1CC2CCC1C2)C(=O)Nc1ccc2c(c1)C(=O)c1ccccc1C2=O. The summed E-state index contributed by atoms with van der Waals surface area (Å²) in [7, 11) is 0. The van der Waals surface area contributed by atoms with Crippen molar-refractivity contribution in [3.8, 4) is 0 Å². The molecule has 5 rings (SSSR count). The maximum atomic E-state index is 12.9. The van der Waals surface area contributed by atoms with Gasteiger partial charge < -0.3 is 10.1 Å². The van der Waals surface area contributed by atoms with Crippen LogP contribution in [-0.4, -0.2) is 29.5 Å².